The SMILES string of the molecule is O=C1CCC(N2Cc3c(CN4CCOC(C5CCNCC5)C4)cccc3C2=O)C(=O)N1. The molecule has 31 heavy (non-hydrogen) atoms. The van der Waals surface area contributed by atoms with E-state index in [1.165, 1.54) is 0 Å². The van der Waals surface area contributed by atoms with E-state index in [0.29, 0.717) is 24.4 Å². The number of morpholine rings is 1. The third-order valence-electron chi connectivity index (χ3n) is 7.16. The number of fused-ring (bicyclic) bond motifs is 1. The van der Waals surface area contributed by atoms with Crippen molar-refractivity contribution >= 4 is 17.7 Å². The van der Waals surface area contributed by atoms with E-state index < -0.39 is 6.04 Å². The zero-order valence-corrected chi connectivity index (χ0v) is 17.8. The van der Waals surface area contributed by atoms with Gasteiger partial charge >= 0.3 is 0 Å². The predicted molar refractivity (Wildman–Crippen MR) is 113 cm³/mol. The lowest BCUT2D eigenvalue weighted by atomic mass is 9.91. The van der Waals surface area contributed by atoms with E-state index in [4.69, 9.17) is 4.74 Å². The van der Waals surface area contributed by atoms with E-state index >= 15 is 0 Å². The summed E-state index contributed by atoms with van der Waals surface area (Å²) in [7, 11) is 0. The first-order valence-electron chi connectivity index (χ1n) is 11.4. The molecule has 5 rings (SSSR count). The number of nitrogens with zero attached hydrogens (tertiary/aromatic N) is 2. The van der Waals surface area contributed by atoms with Crippen LogP contribution in [0.4, 0.5) is 0 Å². The van der Waals surface area contributed by atoms with Gasteiger partial charge in [0.15, 0.2) is 0 Å². The number of rotatable bonds is 4. The van der Waals surface area contributed by atoms with Crippen molar-refractivity contribution in [3.8, 4) is 0 Å². The average Bonchev–Trinajstić information content (AvgIpc) is 3.12. The molecule has 0 radical (unpaired) electrons. The van der Waals surface area contributed by atoms with Gasteiger partial charge in [0.1, 0.15) is 6.04 Å². The summed E-state index contributed by atoms with van der Waals surface area (Å²) < 4.78 is 6.11. The van der Waals surface area contributed by atoms with Crippen LogP contribution in [-0.2, 0) is 27.4 Å². The largest absolute Gasteiger partial charge is 0.375 e. The van der Waals surface area contributed by atoms with Crippen molar-refractivity contribution in [1.82, 2.24) is 20.4 Å². The smallest absolute Gasteiger partial charge is 0.255 e. The van der Waals surface area contributed by atoms with E-state index in [1.807, 2.05) is 12.1 Å². The Balaban J connectivity index is 1.29. The number of hydrogen-bond acceptors (Lipinski definition) is 6. The average molecular weight is 427 g/mol. The summed E-state index contributed by atoms with van der Waals surface area (Å²) in [6.45, 7) is 5.88. The summed E-state index contributed by atoms with van der Waals surface area (Å²) in [4.78, 5) is 40.9. The number of amides is 3. The van der Waals surface area contributed by atoms with Gasteiger partial charge in [-0.1, -0.05) is 12.1 Å². The van der Waals surface area contributed by atoms with Crippen LogP contribution < -0.4 is 10.6 Å². The number of nitrogens with one attached hydrogen (secondary N) is 2. The molecule has 2 unspecified atom stereocenters. The highest BCUT2D eigenvalue weighted by molar-refractivity contribution is 6.05. The molecule has 2 atom stereocenters. The second-order valence-corrected chi connectivity index (χ2v) is 9.07. The number of piperidine rings is 2. The number of hydrogen-bond donors (Lipinski definition) is 2. The fourth-order valence-electron chi connectivity index (χ4n) is 5.42. The number of imide groups is 1. The Hall–Kier alpha value is -2.29. The van der Waals surface area contributed by atoms with Crippen molar-refractivity contribution in [2.75, 3.05) is 32.8 Å². The number of benzene rings is 1. The second kappa shape index (κ2) is 8.68. The van der Waals surface area contributed by atoms with Crippen LogP contribution in [-0.4, -0.2) is 72.5 Å². The van der Waals surface area contributed by atoms with E-state index in [-0.39, 0.29) is 30.2 Å². The van der Waals surface area contributed by atoms with Gasteiger partial charge in [-0.15, -0.1) is 0 Å². The molecule has 2 N–H and O–H groups in total. The van der Waals surface area contributed by atoms with Crippen LogP contribution in [0.15, 0.2) is 18.2 Å². The molecular formula is C23H30N4O4. The summed E-state index contributed by atoms with van der Waals surface area (Å²) in [5, 5.41) is 5.79. The quantitative estimate of drug-likeness (QED) is 0.687. The van der Waals surface area contributed by atoms with Crippen molar-refractivity contribution in [2.24, 2.45) is 5.92 Å². The van der Waals surface area contributed by atoms with E-state index in [1.54, 1.807) is 4.90 Å². The maximum atomic E-state index is 13.0. The maximum Gasteiger partial charge on any atom is 0.255 e. The minimum absolute atomic E-state index is 0.110. The third-order valence-corrected chi connectivity index (χ3v) is 7.16. The summed E-state index contributed by atoms with van der Waals surface area (Å²) >= 11 is 0. The van der Waals surface area contributed by atoms with Gasteiger partial charge in [-0.05, 0) is 55.5 Å². The molecule has 0 aliphatic carbocycles. The van der Waals surface area contributed by atoms with Crippen molar-refractivity contribution in [1.29, 1.82) is 0 Å². The Morgan fingerprint density at radius 3 is 2.74 bits per heavy atom. The zero-order chi connectivity index (χ0) is 21.4. The van der Waals surface area contributed by atoms with Crippen LogP contribution >= 0.6 is 0 Å². The first-order chi connectivity index (χ1) is 15.1. The van der Waals surface area contributed by atoms with Crippen molar-refractivity contribution in [3.63, 3.8) is 0 Å². The second-order valence-electron chi connectivity index (χ2n) is 9.07. The van der Waals surface area contributed by atoms with Gasteiger partial charge in [0.2, 0.25) is 11.8 Å². The van der Waals surface area contributed by atoms with Crippen LogP contribution in [0.1, 0.15) is 47.2 Å². The van der Waals surface area contributed by atoms with Gasteiger partial charge in [0.05, 0.1) is 12.7 Å². The minimum Gasteiger partial charge on any atom is -0.375 e. The van der Waals surface area contributed by atoms with E-state index in [0.717, 1.165) is 63.3 Å². The molecule has 4 aliphatic heterocycles. The first-order valence-corrected chi connectivity index (χ1v) is 11.4. The minimum atomic E-state index is -0.571. The van der Waals surface area contributed by atoms with Gasteiger partial charge in [-0.3, -0.25) is 24.6 Å². The molecule has 1 aromatic rings. The summed E-state index contributed by atoms with van der Waals surface area (Å²) in [5.41, 5.74) is 2.85. The highest BCUT2D eigenvalue weighted by atomic mass is 16.5. The lowest BCUT2D eigenvalue weighted by Crippen LogP contribution is -2.52. The van der Waals surface area contributed by atoms with Crippen molar-refractivity contribution in [2.45, 2.75) is 50.9 Å². The van der Waals surface area contributed by atoms with E-state index in [2.05, 4.69) is 21.6 Å². The topological polar surface area (TPSA) is 91.0 Å². The molecule has 0 bridgehead atoms. The fraction of sp³-hybridized carbons (Fsp3) is 0.609. The Bertz CT molecular complexity index is 882. The van der Waals surface area contributed by atoms with Gasteiger partial charge in [0, 0.05) is 38.2 Å². The predicted octanol–water partition coefficient (Wildman–Crippen LogP) is 0.648. The zero-order valence-electron chi connectivity index (χ0n) is 17.8. The molecule has 166 valence electrons. The van der Waals surface area contributed by atoms with Gasteiger partial charge in [-0.25, -0.2) is 0 Å². The molecule has 3 saturated heterocycles. The van der Waals surface area contributed by atoms with Crippen LogP contribution in [0, 0.1) is 5.92 Å². The molecule has 3 amide bonds. The summed E-state index contributed by atoms with van der Waals surface area (Å²) in [6, 6.07) is 5.31. The van der Waals surface area contributed by atoms with Crippen LogP contribution in [0.5, 0.6) is 0 Å². The summed E-state index contributed by atoms with van der Waals surface area (Å²) in [6.07, 6.45) is 3.26. The van der Waals surface area contributed by atoms with Crippen molar-refractivity contribution in [3.05, 3.63) is 34.9 Å². The van der Waals surface area contributed by atoms with Crippen LogP contribution in [0.25, 0.3) is 0 Å². The molecule has 8 heteroatoms. The molecule has 0 saturated carbocycles. The molecule has 8 nitrogen and oxygen atoms in total. The molecule has 3 fully saturated rings. The first kappa shape index (κ1) is 20.6. The molecular weight excluding hydrogens is 396 g/mol. The Kier molecular flexibility index (Phi) is 5.77. The maximum absolute atomic E-state index is 13.0. The molecule has 0 spiro atoms. The molecule has 4 heterocycles. The number of carbonyl (C=O) groups excluding carboxylic acids is 3. The molecule has 1 aromatic carbocycles. The van der Waals surface area contributed by atoms with Gasteiger partial charge < -0.3 is 15.0 Å². The highest BCUT2D eigenvalue weighted by Crippen LogP contribution is 2.31. The monoisotopic (exact) mass is 426 g/mol. The highest BCUT2D eigenvalue weighted by Gasteiger charge is 2.40. The number of carbonyl (C=O) groups is 3. The normalized spacial score (nSPS) is 28.0. The Labute approximate surface area is 182 Å². The fourth-order valence-corrected chi connectivity index (χ4v) is 5.42. The lowest BCUT2D eigenvalue weighted by molar-refractivity contribution is -0.136. The number of ether oxygens (including phenoxy) is 1. The van der Waals surface area contributed by atoms with Gasteiger partial charge in [0.25, 0.3) is 5.91 Å². The molecule has 0 aromatic heterocycles. The standard InChI is InChI=1S/C23H30N4O4/c28-21-5-4-19(22(29)25-21)27-13-18-16(2-1-3-17(18)23(27)30)12-26-10-11-31-20(14-26)15-6-8-24-9-7-15/h1-3,15,19-20,24H,4-14H2,(H,25,28,29). The summed E-state index contributed by atoms with van der Waals surface area (Å²) in [5.74, 6) is -0.130. The Morgan fingerprint density at radius 2 is 1.94 bits per heavy atom. The van der Waals surface area contributed by atoms with Crippen molar-refractivity contribution < 1.29 is 19.1 Å². The Morgan fingerprint density at radius 1 is 1.10 bits per heavy atom. The van der Waals surface area contributed by atoms with Crippen LogP contribution in [0.2, 0.25) is 0 Å². The third kappa shape index (κ3) is 4.12. The molecule has 4 aliphatic rings. The lowest BCUT2D eigenvalue weighted by Gasteiger charge is -2.38. The van der Waals surface area contributed by atoms with Crippen LogP contribution in [0.3, 0.4) is 0 Å². The van der Waals surface area contributed by atoms with E-state index in [9.17, 15) is 14.4 Å². The van der Waals surface area contributed by atoms with Gasteiger partial charge in [-0.2, -0.15) is 0 Å².